The number of fused-ring (bicyclic) bond motifs is 1. The second-order valence-corrected chi connectivity index (χ2v) is 8.15. The smallest absolute Gasteiger partial charge is 0.254 e. The fraction of sp³-hybridized carbons (Fsp3) is 0.417. The van der Waals surface area contributed by atoms with E-state index in [1.54, 1.807) is 18.5 Å². The highest BCUT2D eigenvalue weighted by atomic mass is 16.5. The summed E-state index contributed by atoms with van der Waals surface area (Å²) in [7, 11) is 0. The molecule has 1 atom stereocenters. The van der Waals surface area contributed by atoms with Crippen molar-refractivity contribution in [1.82, 2.24) is 9.88 Å². The highest BCUT2D eigenvalue weighted by Gasteiger charge is 2.25. The van der Waals surface area contributed by atoms with Crippen LogP contribution >= 0.6 is 0 Å². The first kappa shape index (κ1) is 20.0. The lowest BCUT2D eigenvalue weighted by molar-refractivity contribution is 0.0737. The van der Waals surface area contributed by atoms with E-state index in [1.807, 2.05) is 29.2 Å². The Balaban J connectivity index is 1.31. The van der Waals surface area contributed by atoms with Crippen molar-refractivity contribution in [2.45, 2.75) is 6.42 Å². The third-order valence-corrected chi connectivity index (χ3v) is 6.05. The van der Waals surface area contributed by atoms with Gasteiger partial charge < -0.3 is 23.7 Å². The van der Waals surface area contributed by atoms with Crippen LogP contribution in [0.1, 0.15) is 15.9 Å². The van der Waals surface area contributed by atoms with Crippen molar-refractivity contribution in [1.29, 1.82) is 0 Å². The van der Waals surface area contributed by atoms with Gasteiger partial charge in [-0.25, -0.2) is 4.98 Å². The number of ether oxygens (including phenoxy) is 2. The van der Waals surface area contributed by atoms with Crippen molar-refractivity contribution in [3.8, 4) is 0 Å². The number of pyridine rings is 1. The zero-order valence-electron chi connectivity index (χ0n) is 17.5. The predicted molar refractivity (Wildman–Crippen MR) is 117 cm³/mol. The third kappa shape index (κ3) is 4.43. The number of hydrogen-bond acceptors (Lipinski definition) is 6. The number of anilines is 1. The molecule has 2 aromatic heterocycles. The maximum Gasteiger partial charge on any atom is 0.254 e. The monoisotopic (exact) mass is 421 g/mol. The maximum atomic E-state index is 13.3. The summed E-state index contributed by atoms with van der Waals surface area (Å²) in [5.74, 6) is 1.10. The van der Waals surface area contributed by atoms with E-state index in [0.717, 1.165) is 36.3 Å². The Bertz CT molecular complexity index is 1040. The number of amides is 1. The van der Waals surface area contributed by atoms with E-state index < -0.39 is 0 Å². The van der Waals surface area contributed by atoms with Crippen LogP contribution in [0.2, 0.25) is 0 Å². The molecule has 162 valence electrons. The summed E-state index contributed by atoms with van der Waals surface area (Å²) in [6, 6.07) is 11.8. The molecule has 2 saturated heterocycles. The summed E-state index contributed by atoms with van der Waals surface area (Å²) in [5, 5.41) is 1.13. The lowest BCUT2D eigenvalue weighted by Crippen LogP contribution is -2.38. The van der Waals surface area contributed by atoms with E-state index in [1.165, 1.54) is 5.56 Å². The van der Waals surface area contributed by atoms with Crippen LogP contribution < -0.4 is 4.90 Å². The van der Waals surface area contributed by atoms with Crippen LogP contribution in [0.3, 0.4) is 0 Å². The Hall–Kier alpha value is -2.90. The first-order chi connectivity index (χ1) is 15.3. The molecule has 5 rings (SSSR count). The van der Waals surface area contributed by atoms with Crippen LogP contribution in [0.25, 0.3) is 11.0 Å². The largest absolute Gasteiger partial charge is 0.464 e. The molecule has 0 bridgehead atoms. The SMILES string of the molecule is O=C(c1ccnc(N2CCOCC2)c1)N1CCOC[C@H](Cc2cccc3occc23)C1. The van der Waals surface area contributed by atoms with Crippen molar-refractivity contribution in [3.05, 3.63) is 60.0 Å². The molecule has 4 heterocycles. The Morgan fingerprint density at radius 2 is 1.94 bits per heavy atom. The number of benzene rings is 1. The Labute approximate surface area is 181 Å². The second kappa shape index (κ2) is 9.08. The van der Waals surface area contributed by atoms with Crippen molar-refractivity contribution in [2.75, 3.05) is 57.5 Å². The molecule has 0 aliphatic carbocycles. The molecule has 0 N–H and O–H groups in total. The average molecular weight is 421 g/mol. The number of rotatable bonds is 4. The minimum atomic E-state index is 0.0360. The average Bonchev–Trinajstić information content (AvgIpc) is 3.19. The van der Waals surface area contributed by atoms with Gasteiger partial charge in [-0.05, 0) is 36.2 Å². The summed E-state index contributed by atoms with van der Waals surface area (Å²) < 4.78 is 16.8. The highest BCUT2D eigenvalue weighted by molar-refractivity contribution is 5.95. The normalized spacial score (nSPS) is 20.1. The Morgan fingerprint density at radius 1 is 1.06 bits per heavy atom. The summed E-state index contributed by atoms with van der Waals surface area (Å²) >= 11 is 0. The molecule has 7 nitrogen and oxygen atoms in total. The number of carbonyl (C=O) groups excluding carboxylic acids is 1. The van der Waals surface area contributed by atoms with Gasteiger partial charge in [0.05, 0.1) is 32.7 Å². The van der Waals surface area contributed by atoms with Gasteiger partial charge in [0.15, 0.2) is 0 Å². The maximum absolute atomic E-state index is 13.3. The van der Waals surface area contributed by atoms with Gasteiger partial charge in [-0.1, -0.05) is 12.1 Å². The van der Waals surface area contributed by atoms with E-state index in [0.29, 0.717) is 45.1 Å². The van der Waals surface area contributed by atoms with Gasteiger partial charge >= 0.3 is 0 Å². The molecule has 1 aromatic carbocycles. The zero-order chi connectivity index (χ0) is 21.0. The number of aromatic nitrogens is 1. The molecule has 1 amide bonds. The van der Waals surface area contributed by atoms with E-state index in [9.17, 15) is 4.79 Å². The highest BCUT2D eigenvalue weighted by Crippen LogP contribution is 2.24. The molecule has 7 heteroatoms. The molecule has 2 aliphatic heterocycles. The van der Waals surface area contributed by atoms with Gasteiger partial charge in [0.1, 0.15) is 11.4 Å². The van der Waals surface area contributed by atoms with Gasteiger partial charge in [0.2, 0.25) is 0 Å². The van der Waals surface area contributed by atoms with Gasteiger partial charge in [-0.2, -0.15) is 0 Å². The molecular weight excluding hydrogens is 394 g/mol. The number of carbonyl (C=O) groups is 1. The van der Waals surface area contributed by atoms with Crippen molar-refractivity contribution >= 4 is 22.7 Å². The number of hydrogen-bond donors (Lipinski definition) is 0. The fourth-order valence-electron chi connectivity index (χ4n) is 4.43. The van der Waals surface area contributed by atoms with Crippen molar-refractivity contribution in [2.24, 2.45) is 5.92 Å². The quantitative estimate of drug-likeness (QED) is 0.645. The van der Waals surface area contributed by atoms with Gasteiger partial charge in [0.25, 0.3) is 5.91 Å². The van der Waals surface area contributed by atoms with Crippen molar-refractivity contribution in [3.63, 3.8) is 0 Å². The summed E-state index contributed by atoms with van der Waals surface area (Å²) in [6.07, 6.45) is 4.29. The van der Waals surface area contributed by atoms with Crippen LogP contribution in [0.4, 0.5) is 5.82 Å². The molecule has 2 fully saturated rings. The summed E-state index contributed by atoms with van der Waals surface area (Å²) in [6.45, 7) is 5.44. The third-order valence-electron chi connectivity index (χ3n) is 6.05. The molecule has 0 spiro atoms. The molecule has 2 aliphatic rings. The molecular formula is C24H27N3O4. The molecule has 3 aromatic rings. The topological polar surface area (TPSA) is 68.0 Å². The van der Waals surface area contributed by atoms with Crippen LogP contribution in [0.15, 0.2) is 53.3 Å². The molecule has 0 saturated carbocycles. The first-order valence-corrected chi connectivity index (χ1v) is 10.9. The van der Waals surface area contributed by atoms with E-state index >= 15 is 0 Å². The van der Waals surface area contributed by atoms with Crippen LogP contribution in [-0.2, 0) is 15.9 Å². The fourth-order valence-corrected chi connectivity index (χ4v) is 4.43. The summed E-state index contributed by atoms with van der Waals surface area (Å²) in [5.41, 5.74) is 2.80. The minimum absolute atomic E-state index is 0.0360. The van der Waals surface area contributed by atoms with Crippen LogP contribution in [0.5, 0.6) is 0 Å². The van der Waals surface area contributed by atoms with E-state index in [-0.39, 0.29) is 11.8 Å². The number of nitrogens with zero attached hydrogens (tertiary/aromatic N) is 3. The molecule has 31 heavy (non-hydrogen) atoms. The standard InChI is InChI=1S/C24H27N3O4/c28-24(20-4-6-25-23(15-20)26-7-11-29-12-8-26)27-9-13-30-17-18(16-27)14-19-2-1-3-22-21(19)5-10-31-22/h1-6,10,15,18H,7-9,11-14,16-17H2/t18-/m1/s1. The second-order valence-electron chi connectivity index (χ2n) is 8.15. The molecule has 0 unspecified atom stereocenters. The minimum Gasteiger partial charge on any atom is -0.464 e. The van der Waals surface area contributed by atoms with Crippen LogP contribution in [-0.4, -0.2) is 68.4 Å². The lowest BCUT2D eigenvalue weighted by Gasteiger charge is -2.28. The summed E-state index contributed by atoms with van der Waals surface area (Å²) in [4.78, 5) is 21.9. The molecule has 0 radical (unpaired) electrons. The first-order valence-electron chi connectivity index (χ1n) is 10.9. The number of morpholine rings is 1. The van der Waals surface area contributed by atoms with Gasteiger partial charge in [-0.3, -0.25) is 4.79 Å². The Morgan fingerprint density at radius 3 is 2.84 bits per heavy atom. The van der Waals surface area contributed by atoms with E-state index in [2.05, 4.69) is 16.0 Å². The van der Waals surface area contributed by atoms with E-state index in [4.69, 9.17) is 13.9 Å². The zero-order valence-corrected chi connectivity index (χ0v) is 17.5. The predicted octanol–water partition coefficient (Wildman–Crippen LogP) is 3.00. The number of furan rings is 1. The Kier molecular flexibility index (Phi) is 5.86. The van der Waals surface area contributed by atoms with Gasteiger partial charge in [0, 0.05) is 49.2 Å². The van der Waals surface area contributed by atoms with Crippen molar-refractivity contribution < 1.29 is 18.7 Å². The van der Waals surface area contributed by atoms with Crippen LogP contribution in [0, 0.1) is 5.92 Å². The lowest BCUT2D eigenvalue weighted by atomic mass is 9.97. The van der Waals surface area contributed by atoms with Gasteiger partial charge in [-0.15, -0.1) is 0 Å².